The van der Waals surface area contributed by atoms with Crippen LogP contribution >= 0.6 is 0 Å². The number of hydrogen-bond acceptors (Lipinski definition) is 6. The first kappa shape index (κ1) is 16.8. The third kappa shape index (κ3) is 5.72. The minimum Gasteiger partial charge on any atom is -0.368 e. The maximum Gasteiger partial charge on any atom is 0.257 e. The Morgan fingerprint density at radius 1 is 0.810 bits per heavy atom. The standard InChI is InChI=1S/C13H24N8/c1-5-20(6-2)9-15-12-17-11(14)18-13(19-12)16-10-21(7-3)8-4/h9-10H,5-8H2,1-4H3,(H2,14,17,18,19)/b15-9+,16-10+. The Morgan fingerprint density at radius 2 is 1.19 bits per heavy atom. The molecule has 0 radical (unpaired) electrons. The Hall–Kier alpha value is -2.25. The second kappa shape index (κ2) is 8.83. The minimum absolute atomic E-state index is 0.114. The minimum atomic E-state index is 0.114. The van der Waals surface area contributed by atoms with Gasteiger partial charge in [0, 0.05) is 26.2 Å². The summed E-state index contributed by atoms with van der Waals surface area (Å²) in [6, 6.07) is 0. The van der Waals surface area contributed by atoms with E-state index in [1.54, 1.807) is 12.7 Å². The van der Waals surface area contributed by atoms with Gasteiger partial charge in [0.1, 0.15) is 0 Å². The third-order valence-electron chi connectivity index (χ3n) is 2.93. The maximum atomic E-state index is 5.66. The topological polar surface area (TPSA) is 95.9 Å². The molecule has 1 aromatic rings. The summed E-state index contributed by atoms with van der Waals surface area (Å²) in [4.78, 5) is 24.6. The van der Waals surface area contributed by atoms with E-state index < -0.39 is 0 Å². The molecule has 0 aliphatic rings. The quantitative estimate of drug-likeness (QED) is 0.575. The molecule has 0 fully saturated rings. The fourth-order valence-electron chi connectivity index (χ4n) is 1.53. The molecule has 0 atom stereocenters. The van der Waals surface area contributed by atoms with Crippen LogP contribution in [0.1, 0.15) is 27.7 Å². The van der Waals surface area contributed by atoms with Gasteiger partial charge in [-0.1, -0.05) is 0 Å². The Morgan fingerprint density at radius 3 is 1.52 bits per heavy atom. The Labute approximate surface area is 125 Å². The fraction of sp³-hybridized carbons (Fsp3) is 0.615. The smallest absolute Gasteiger partial charge is 0.257 e. The van der Waals surface area contributed by atoms with Gasteiger partial charge in [0.15, 0.2) is 0 Å². The number of rotatable bonds is 8. The SMILES string of the molecule is CCN(/C=N/c1nc(N)nc(/N=C/N(CC)CC)n1)CC. The second-order valence-corrected chi connectivity index (χ2v) is 4.23. The second-order valence-electron chi connectivity index (χ2n) is 4.23. The summed E-state index contributed by atoms with van der Waals surface area (Å²) < 4.78 is 0. The number of anilines is 1. The largest absolute Gasteiger partial charge is 0.368 e. The summed E-state index contributed by atoms with van der Waals surface area (Å²) >= 11 is 0. The Bertz CT molecular complexity index is 437. The molecule has 0 aliphatic heterocycles. The van der Waals surface area contributed by atoms with Crippen molar-refractivity contribution in [1.29, 1.82) is 0 Å². The predicted molar refractivity (Wildman–Crippen MR) is 86.4 cm³/mol. The lowest BCUT2D eigenvalue weighted by Crippen LogP contribution is -2.20. The molecule has 8 heteroatoms. The normalized spacial score (nSPS) is 11.4. The summed E-state index contributed by atoms with van der Waals surface area (Å²) in [5.41, 5.74) is 5.66. The molecule has 0 unspecified atom stereocenters. The van der Waals surface area contributed by atoms with Crippen LogP contribution in [0.25, 0.3) is 0 Å². The lowest BCUT2D eigenvalue weighted by molar-refractivity contribution is 0.479. The zero-order chi connectivity index (χ0) is 15.7. The number of nitrogen functional groups attached to an aromatic ring is 1. The lowest BCUT2D eigenvalue weighted by Gasteiger charge is -2.13. The first-order chi connectivity index (χ1) is 10.1. The van der Waals surface area contributed by atoms with Gasteiger partial charge in [0.2, 0.25) is 5.95 Å². The van der Waals surface area contributed by atoms with E-state index in [2.05, 4.69) is 52.6 Å². The van der Waals surface area contributed by atoms with Gasteiger partial charge in [-0.2, -0.15) is 15.0 Å². The molecule has 116 valence electrons. The molecule has 1 aromatic heterocycles. The summed E-state index contributed by atoms with van der Waals surface area (Å²) in [6.45, 7) is 11.7. The van der Waals surface area contributed by atoms with Gasteiger partial charge in [-0.15, -0.1) is 0 Å². The summed E-state index contributed by atoms with van der Waals surface area (Å²) in [5, 5.41) is 0. The summed E-state index contributed by atoms with van der Waals surface area (Å²) in [6.07, 6.45) is 3.40. The Balaban J connectivity index is 2.89. The van der Waals surface area contributed by atoms with E-state index >= 15 is 0 Å². The van der Waals surface area contributed by atoms with Crippen LogP contribution in [0.4, 0.5) is 17.8 Å². The zero-order valence-electron chi connectivity index (χ0n) is 13.2. The molecule has 0 bridgehead atoms. The van der Waals surface area contributed by atoms with E-state index in [1.807, 2.05) is 9.80 Å². The first-order valence-electron chi connectivity index (χ1n) is 7.20. The van der Waals surface area contributed by atoms with Crippen molar-refractivity contribution in [1.82, 2.24) is 24.8 Å². The van der Waals surface area contributed by atoms with Crippen LogP contribution in [0.5, 0.6) is 0 Å². The van der Waals surface area contributed by atoms with Crippen LogP contribution in [0, 0.1) is 0 Å². The molecule has 0 aromatic carbocycles. The number of aliphatic imine (C=N–C) groups is 2. The number of hydrogen-bond donors (Lipinski definition) is 1. The first-order valence-corrected chi connectivity index (χ1v) is 7.20. The van der Waals surface area contributed by atoms with Gasteiger partial charge in [-0.05, 0) is 27.7 Å². The molecule has 0 saturated heterocycles. The van der Waals surface area contributed by atoms with Gasteiger partial charge in [-0.25, -0.2) is 9.98 Å². The molecule has 1 heterocycles. The number of nitrogens with two attached hydrogens (primary N) is 1. The van der Waals surface area contributed by atoms with Gasteiger partial charge in [0.25, 0.3) is 11.9 Å². The van der Waals surface area contributed by atoms with Crippen molar-refractivity contribution in [3.05, 3.63) is 0 Å². The summed E-state index contributed by atoms with van der Waals surface area (Å²) in [7, 11) is 0. The molecule has 0 amide bonds. The number of aromatic nitrogens is 3. The van der Waals surface area contributed by atoms with Crippen molar-refractivity contribution < 1.29 is 0 Å². The zero-order valence-corrected chi connectivity index (χ0v) is 13.2. The highest BCUT2D eigenvalue weighted by molar-refractivity contribution is 5.61. The van der Waals surface area contributed by atoms with E-state index in [0.29, 0.717) is 0 Å². The van der Waals surface area contributed by atoms with Crippen LogP contribution < -0.4 is 5.73 Å². The van der Waals surface area contributed by atoms with Crippen molar-refractivity contribution in [3.63, 3.8) is 0 Å². The van der Waals surface area contributed by atoms with Crippen LogP contribution in [-0.4, -0.2) is 63.6 Å². The van der Waals surface area contributed by atoms with Crippen LogP contribution in [0.3, 0.4) is 0 Å². The maximum absolute atomic E-state index is 5.66. The molecule has 0 aliphatic carbocycles. The van der Waals surface area contributed by atoms with Gasteiger partial charge in [-0.3, -0.25) is 0 Å². The average Bonchev–Trinajstić information content (AvgIpc) is 2.49. The highest BCUT2D eigenvalue weighted by atomic mass is 15.2. The van der Waals surface area contributed by atoms with E-state index in [4.69, 9.17) is 5.73 Å². The van der Waals surface area contributed by atoms with E-state index in [9.17, 15) is 0 Å². The molecule has 21 heavy (non-hydrogen) atoms. The molecule has 0 spiro atoms. The summed E-state index contributed by atoms with van der Waals surface area (Å²) in [5.74, 6) is 0.644. The monoisotopic (exact) mass is 292 g/mol. The van der Waals surface area contributed by atoms with Crippen LogP contribution in [-0.2, 0) is 0 Å². The Kier molecular flexibility index (Phi) is 7.06. The predicted octanol–water partition coefficient (Wildman–Crippen LogP) is 1.46. The van der Waals surface area contributed by atoms with Crippen LogP contribution in [0.2, 0.25) is 0 Å². The van der Waals surface area contributed by atoms with E-state index in [-0.39, 0.29) is 17.8 Å². The van der Waals surface area contributed by atoms with Crippen molar-refractivity contribution >= 4 is 30.5 Å². The lowest BCUT2D eigenvalue weighted by atomic mass is 10.6. The molecule has 1 rings (SSSR count). The molecular formula is C13H24N8. The molecule has 8 nitrogen and oxygen atoms in total. The van der Waals surface area contributed by atoms with Crippen molar-refractivity contribution in [2.24, 2.45) is 9.98 Å². The molecule has 2 N–H and O–H groups in total. The van der Waals surface area contributed by atoms with E-state index in [1.165, 1.54) is 0 Å². The average molecular weight is 292 g/mol. The van der Waals surface area contributed by atoms with Crippen molar-refractivity contribution in [3.8, 4) is 0 Å². The van der Waals surface area contributed by atoms with Gasteiger partial charge in [0.05, 0.1) is 12.7 Å². The van der Waals surface area contributed by atoms with Crippen LogP contribution in [0.15, 0.2) is 9.98 Å². The highest BCUT2D eigenvalue weighted by Crippen LogP contribution is 2.11. The van der Waals surface area contributed by atoms with Crippen molar-refractivity contribution in [2.75, 3.05) is 31.9 Å². The molecule has 0 saturated carbocycles. The molecular weight excluding hydrogens is 268 g/mol. The van der Waals surface area contributed by atoms with E-state index in [0.717, 1.165) is 26.2 Å². The number of nitrogens with zero attached hydrogens (tertiary/aromatic N) is 7. The fourth-order valence-corrected chi connectivity index (χ4v) is 1.53. The highest BCUT2D eigenvalue weighted by Gasteiger charge is 2.02. The van der Waals surface area contributed by atoms with Gasteiger partial charge >= 0.3 is 0 Å². The van der Waals surface area contributed by atoms with Gasteiger partial charge < -0.3 is 15.5 Å². The van der Waals surface area contributed by atoms with Crippen molar-refractivity contribution in [2.45, 2.75) is 27.7 Å². The third-order valence-corrected chi connectivity index (χ3v) is 2.93.